The fourth-order valence-corrected chi connectivity index (χ4v) is 5.80. The highest BCUT2D eigenvalue weighted by atomic mass is 32.1. The Bertz CT molecular complexity index is 1420. The van der Waals surface area contributed by atoms with Crippen LogP contribution < -0.4 is 16.1 Å². The fourth-order valence-electron chi connectivity index (χ4n) is 4.26. The summed E-state index contributed by atoms with van der Waals surface area (Å²) in [7, 11) is 0. The van der Waals surface area contributed by atoms with E-state index in [1.807, 2.05) is 17.5 Å². The molecule has 0 saturated carbocycles. The van der Waals surface area contributed by atoms with Crippen LogP contribution in [0.25, 0.3) is 10.2 Å². The molecule has 1 aromatic carbocycles. The summed E-state index contributed by atoms with van der Waals surface area (Å²) in [6, 6.07) is 12.0. The summed E-state index contributed by atoms with van der Waals surface area (Å²) in [6.07, 6.45) is 0.586. The lowest BCUT2D eigenvalue weighted by atomic mass is 10.2. The summed E-state index contributed by atoms with van der Waals surface area (Å²) in [5, 5.41) is 3.74. The number of aromatic nitrogens is 2. The number of hydrogen-bond donors (Lipinski definition) is 0. The van der Waals surface area contributed by atoms with Gasteiger partial charge >= 0.3 is 5.69 Å². The molecule has 0 radical (unpaired) electrons. The average Bonchev–Trinajstić information content (AvgIpc) is 3.55. The van der Waals surface area contributed by atoms with E-state index < -0.39 is 5.69 Å². The van der Waals surface area contributed by atoms with E-state index in [-0.39, 0.29) is 30.4 Å². The molecule has 0 atom stereocenters. The molecule has 0 N–H and O–H groups in total. The molecule has 0 aliphatic carbocycles. The molecule has 176 valence electrons. The van der Waals surface area contributed by atoms with E-state index in [0.717, 1.165) is 10.6 Å². The van der Waals surface area contributed by atoms with Gasteiger partial charge in [0.2, 0.25) is 5.91 Å². The summed E-state index contributed by atoms with van der Waals surface area (Å²) in [5.41, 5.74) is 0.669. The zero-order chi connectivity index (χ0) is 23.7. The lowest BCUT2D eigenvalue weighted by molar-refractivity contribution is -0.132. The molecule has 1 amide bonds. The van der Waals surface area contributed by atoms with Crippen molar-refractivity contribution in [3.63, 3.8) is 0 Å². The van der Waals surface area contributed by atoms with Gasteiger partial charge in [-0.15, -0.1) is 22.7 Å². The predicted molar refractivity (Wildman–Crippen MR) is 134 cm³/mol. The maximum Gasteiger partial charge on any atom is 0.332 e. The molecule has 3 aromatic heterocycles. The maximum atomic E-state index is 13.3. The first-order valence-electron chi connectivity index (χ1n) is 11.0. The van der Waals surface area contributed by atoms with Crippen molar-refractivity contribution in [3.8, 4) is 0 Å². The number of aryl methyl sites for hydroxylation is 1. The summed E-state index contributed by atoms with van der Waals surface area (Å²) in [5.74, 6) is -0.434. The lowest BCUT2D eigenvalue weighted by Crippen LogP contribution is -2.50. The normalized spacial score (nSPS) is 14.1. The zero-order valence-electron chi connectivity index (χ0n) is 18.4. The number of thiophene rings is 2. The van der Waals surface area contributed by atoms with Gasteiger partial charge in [-0.1, -0.05) is 6.07 Å². The quantitative estimate of drug-likeness (QED) is 0.410. The molecule has 10 heteroatoms. The third-order valence-corrected chi connectivity index (χ3v) is 7.94. The van der Waals surface area contributed by atoms with Crippen LogP contribution in [0, 0.1) is 5.82 Å². The van der Waals surface area contributed by atoms with Gasteiger partial charge in [0.05, 0.1) is 5.52 Å². The maximum absolute atomic E-state index is 13.3. The van der Waals surface area contributed by atoms with E-state index in [9.17, 15) is 18.8 Å². The van der Waals surface area contributed by atoms with Crippen LogP contribution in [0.3, 0.4) is 0 Å². The number of rotatable bonds is 6. The third-order valence-electron chi connectivity index (χ3n) is 6.12. The number of hydrogen-bond acceptors (Lipinski definition) is 6. The van der Waals surface area contributed by atoms with Crippen LogP contribution in [0.15, 0.2) is 62.8 Å². The molecule has 1 saturated heterocycles. The summed E-state index contributed by atoms with van der Waals surface area (Å²) in [4.78, 5) is 44.3. The molecule has 1 aliphatic rings. The van der Waals surface area contributed by atoms with Crippen molar-refractivity contribution in [1.82, 2.24) is 14.0 Å². The molecule has 0 bridgehead atoms. The highest BCUT2D eigenvalue weighted by Crippen LogP contribution is 2.19. The minimum absolute atomic E-state index is 0.109. The van der Waals surface area contributed by atoms with Crippen LogP contribution in [-0.4, -0.2) is 46.1 Å². The van der Waals surface area contributed by atoms with Crippen molar-refractivity contribution in [2.45, 2.75) is 19.5 Å². The number of fused-ring (bicyclic) bond motifs is 1. The Hall–Kier alpha value is -3.24. The van der Waals surface area contributed by atoms with Gasteiger partial charge in [0.1, 0.15) is 17.1 Å². The smallest absolute Gasteiger partial charge is 0.332 e. The summed E-state index contributed by atoms with van der Waals surface area (Å²) >= 11 is 2.87. The molecule has 5 rings (SSSR count). The third kappa shape index (κ3) is 4.43. The first-order valence-corrected chi connectivity index (χ1v) is 12.8. The molecule has 1 fully saturated rings. The summed E-state index contributed by atoms with van der Waals surface area (Å²) in [6.45, 7) is 2.44. The Balaban J connectivity index is 1.33. The van der Waals surface area contributed by atoms with Crippen LogP contribution >= 0.6 is 22.7 Å². The number of amides is 1. The van der Waals surface area contributed by atoms with Crippen LogP contribution in [0.2, 0.25) is 0 Å². The summed E-state index contributed by atoms with van der Waals surface area (Å²) < 4.78 is 16.4. The van der Waals surface area contributed by atoms with Gasteiger partial charge in [0, 0.05) is 43.3 Å². The number of carbonyl (C=O) groups is 1. The average molecular weight is 499 g/mol. The first kappa shape index (κ1) is 22.5. The number of benzene rings is 1. The monoisotopic (exact) mass is 498 g/mol. The molecule has 7 nitrogen and oxygen atoms in total. The molecule has 34 heavy (non-hydrogen) atoms. The van der Waals surface area contributed by atoms with Crippen molar-refractivity contribution < 1.29 is 9.18 Å². The van der Waals surface area contributed by atoms with Crippen LogP contribution in [0.5, 0.6) is 0 Å². The number of anilines is 1. The number of nitrogens with zero attached hydrogens (tertiary/aromatic N) is 4. The van der Waals surface area contributed by atoms with Gasteiger partial charge in [-0.3, -0.25) is 18.7 Å². The second kappa shape index (κ2) is 9.55. The van der Waals surface area contributed by atoms with Crippen LogP contribution in [0.1, 0.15) is 4.88 Å². The standard InChI is InChI=1S/C24H23FN4O3S2/c25-17-3-5-18(6-4-17)26-10-12-27(13-11-26)21(30)16-29-20-8-15-34-22(20)23(31)28(24(29)32)9-7-19-2-1-14-33-19/h1-6,8,14-15H,7,9-13,16H2. The molecule has 0 unspecified atom stereocenters. The number of carbonyl (C=O) groups excluding carboxylic acids is 1. The molecular formula is C24H23FN4O3S2. The van der Waals surface area contributed by atoms with Crippen molar-refractivity contribution in [1.29, 1.82) is 0 Å². The Kier molecular flexibility index (Phi) is 6.34. The number of halogens is 1. The van der Waals surface area contributed by atoms with E-state index in [1.54, 1.807) is 39.8 Å². The van der Waals surface area contributed by atoms with E-state index >= 15 is 0 Å². The largest absolute Gasteiger partial charge is 0.368 e. The van der Waals surface area contributed by atoms with Crippen LogP contribution in [0.4, 0.5) is 10.1 Å². The van der Waals surface area contributed by atoms with E-state index in [4.69, 9.17) is 0 Å². The van der Waals surface area contributed by atoms with Crippen molar-refractivity contribution in [2.75, 3.05) is 31.1 Å². The van der Waals surface area contributed by atoms with Gasteiger partial charge in [0.15, 0.2) is 0 Å². The predicted octanol–water partition coefficient (Wildman–Crippen LogP) is 3.02. The van der Waals surface area contributed by atoms with Crippen molar-refractivity contribution in [3.05, 3.63) is 84.8 Å². The lowest BCUT2D eigenvalue weighted by Gasteiger charge is -2.36. The molecule has 1 aliphatic heterocycles. The van der Waals surface area contributed by atoms with Gasteiger partial charge in [0.25, 0.3) is 5.56 Å². The Morgan fingerprint density at radius 2 is 1.68 bits per heavy atom. The van der Waals surface area contributed by atoms with E-state index in [1.165, 1.54) is 32.6 Å². The molecule has 4 heterocycles. The number of piperazine rings is 1. The molecular weight excluding hydrogens is 475 g/mol. The van der Waals surface area contributed by atoms with Gasteiger partial charge < -0.3 is 9.80 Å². The van der Waals surface area contributed by atoms with Crippen molar-refractivity contribution >= 4 is 44.5 Å². The Morgan fingerprint density at radius 1 is 0.912 bits per heavy atom. The van der Waals surface area contributed by atoms with E-state index in [2.05, 4.69) is 4.90 Å². The van der Waals surface area contributed by atoms with Gasteiger partial charge in [-0.05, 0) is 53.6 Å². The Labute approximate surface area is 202 Å². The minimum Gasteiger partial charge on any atom is -0.368 e. The topological polar surface area (TPSA) is 67.5 Å². The zero-order valence-corrected chi connectivity index (χ0v) is 20.0. The van der Waals surface area contributed by atoms with Crippen molar-refractivity contribution in [2.24, 2.45) is 0 Å². The SMILES string of the molecule is O=C(Cn1c(=O)n(CCc2cccs2)c(=O)c2sccc21)N1CCN(c2ccc(F)cc2)CC1. The highest BCUT2D eigenvalue weighted by molar-refractivity contribution is 7.17. The molecule has 0 spiro atoms. The van der Waals surface area contributed by atoms with Gasteiger partial charge in [-0.2, -0.15) is 0 Å². The molecule has 4 aromatic rings. The highest BCUT2D eigenvalue weighted by Gasteiger charge is 2.23. The fraction of sp³-hybridized carbons (Fsp3) is 0.292. The van der Waals surface area contributed by atoms with E-state index in [0.29, 0.717) is 42.8 Å². The van der Waals surface area contributed by atoms with Gasteiger partial charge in [-0.25, -0.2) is 9.18 Å². The second-order valence-corrected chi connectivity index (χ2v) is 10.1. The first-order chi connectivity index (χ1) is 16.5. The minimum atomic E-state index is -0.453. The van der Waals surface area contributed by atoms with Crippen LogP contribution in [-0.2, 0) is 24.3 Å². The Morgan fingerprint density at radius 3 is 2.38 bits per heavy atom. The second-order valence-electron chi connectivity index (χ2n) is 8.13.